The predicted octanol–water partition coefficient (Wildman–Crippen LogP) is 4.59. The highest BCUT2D eigenvalue weighted by molar-refractivity contribution is 5.89. The molecule has 0 unspecified atom stereocenters. The van der Waals surface area contributed by atoms with Gasteiger partial charge in [-0.25, -0.2) is 4.79 Å². The van der Waals surface area contributed by atoms with Crippen molar-refractivity contribution in [2.24, 2.45) is 0 Å². The normalized spacial score (nSPS) is 10.8. The summed E-state index contributed by atoms with van der Waals surface area (Å²) in [6.07, 6.45) is 0. The molecule has 31 heavy (non-hydrogen) atoms. The summed E-state index contributed by atoms with van der Waals surface area (Å²) in [4.78, 5) is 16.7. The summed E-state index contributed by atoms with van der Waals surface area (Å²) in [5.41, 5.74) is 3.96. The highest BCUT2D eigenvalue weighted by Crippen LogP contribution is 2.20. The lowest BCUT2D eigenvalue weighted by Gasteiger charge is -2.08. The zero-order valence-corrected chi connectivity index (χ0v) is 17.4. The van der Waals surface area contributed by atoms with Crippen LogP contribution in [0, 0.1) is 20.8 Å². The molecule has 0 spiro atoms. The van der Waals surface area contributed by atoms with Crippen LogP contribution < -0.4 is 4.74 Å². The summed E-state index contributed by atoms with van der Waals surface area (Å²) in [6.45, 7) is 5.88. The molecule has 158 valence electrons. The molecule has 8 heteroatoms. The summed E-state index contributed by atoms with van der Waals surface area (Å²) in [6, 6.07) is 14.5. The molecular formula is C23H21N3O5. The standard InChI is InChI=1S/C23H21N3O5/c1-14-7-9-17(10-8-14)22-24-21(26-31-22)13-29-23(27)18-5-4-6-19(11-18)28-12-20-15(2)25-30-16(20)3/h4-11H,12-13H2,1-3H3. The molecule has 0 aliphatic rings. The molecule has 0 aliphatic carbocycles. The molecule has 0 aliphatic heterocycles. The number of carbonyl (C=O) groups excluding carboxylic acids is 1. The first-order valence-electron chi connectivity index (χ1n) is 9.71. The van der Waals surface area contributed by atoms with E-state index in [2.05, 4.69) is 15.3 Å². The van der Waals surface area contributed by atoms with Crippen LogP contribution in [0.25, 0.3) is 11.5 Å². The molecule has 0 atom stereocenters. The molecular weight excluding hydrogens is 398 g/mol. The third-order valence-electron chi connectivity index (χ3n) is 4.73. The largest absolute Gasteiger partial charge is 0.489 e. The van der Waals surface area contributed by atoms with Crippen LogP contribution >= 0.6 is 0 Å². The molecule has 0 bridgehead atoms. The molecule has 2 heterocycles. The minimum Gasteiger partial charge on any atom is -0.489 e. The molecule has 0 saturated heterocycles. The number of benzene rings is 2. The van der Waals surface area contributed by atoms with E-state index in [1.54, 1.807) is 24.3 Å². The van der Waals surface area contributed by atoms with E-state index in [-0.39, 0.29) is 12.4 Å². The first-order valence-corrected chi connectivity index (χ1v) is 9.71. The molecule has 0 fully saturated rings. The molecule has 4 aromatic rings. The van der Waals surface area contributed by atoms with E-state index in [0.29, 0.717) is 29.6 Å². The van der Waals surface area contributed by atoms with E-state index in [1.165, 1.54) is 0 Å². The van der Waals surface area contributed by atoms with Crippen molar-refractivity contribution in [2.45, 2.75) is 34.0 Å². The van der Waals surface area contributed by atoms with Gasteiger partial charge in [0, 0.05) is 5.56 Å². The first kappa shape index (κ1) is 20.3. The van der Waals surface area contributed by atoms with Gasteiger partial charge in [-0.1, -0.05) is 34.1 Å². The molecule has 2 aromatic carbocycles. The van der Waals surface area contributed by atoms with Gasteiger partial charge in [0.15, 0.2) is 6.61 Å². The SMILES string of the molecule is Cc1ccc(-c2nc(COC(=O)c3cccc(OCc4c(C)noc4C)c3)no2)cc1. The molecule has 0 N–H and O–H groups in total. The van der Waals surface area contributed by atoms with E-state index < -0.39 is 5.97 Å². The molecule has 0 amide bonds. The average molecular weight is 419 g/mol. The fourth-order valence-corrected chi connectivity index (χ4v) is 2.92. The number of ether oxygens (including phenoxy) is 2. The van der Waals surface area contributed by atoms with Crippen molar-refractivity contribution in [3.05, 3.63) is 82.5 Å². The second-order valence-electron chi connectivity index (χ2n) is 7.08. The monoisotopic (exact) mass is 419 g/mol. The Morgan fingerprint density at radius 1 is 0.968 bits per heavy atom. The van der Waals surface area contributed by atoms with E-state index in [1.807, 2.05) is 45.0 Å². The average Bonchev–Trinajstić information content (AvgIpc) is 3.38. The van der Waals surface area contributed by atoms with Crippen LogP contribution in [0.2, 0.25) is 0 Å². The Kier molecular flexibility index (Phi) is 5.79. The minimum absolute atomic E-state index is 0.0989. The number of hydrogen-bond donors (Lipinski definition) is 0. The lowest BCUT2D eigenvalue weighted by molar-refractivity contribution is 0.0459. The number of esters is 1. The number of nitrogens with zero attached hydrogens (tertiary/aromatic N) is 3. The maximum absolute atomic E-state index is 12.4. The van der Waals surface area contributed by atoms with Gasteiger partial charge in [-0.3, -0.25) is 0 Å². The fourth-order valence-electron chi connectivity index (χ4n) is 2.92. The molecule has 0 radical (unpaired) electrons. The van der Waals surface area contributed by atoms with E-state index in [4.69, 9.17) is 18.5 Å². The summed E-state index contributed by atoms with van der Waals surface area (Å²) < 4.78 is 21.5. The van der Waals surface area contributed by atoms with Crippen LogP contribution in [0.3, 0.4) is 0 Å². The van der Waals surface area contributed by atoms with Crippen molar-refractivity contribution in [1.29, 1.82) is 0 Å². The quantitative estimate of drug-likeness (QED) is 0.401. The zero-order chi connectivity index (χ0) is 21.8. The second-order valence-corrected chi connectivity index (χ2v) is 7.08. The second kappa shape index (κ2) is 8.83. The molecule has 8 nitrogen and oxygen atoms in total. The number of aromatic nitrogens is 3. The summed E-state index contributed by atoms with van der Waals surface area (Å²) in [7, 11) is 0. The van der Waals surface area contributed by atoms with Gasteiger partial charge in [-0.05, 0) is 51.1 Å². The van der Waals surface area contributed by atoms with Crippen molar-refractivity contribution in [3.63, 3.8) is 0 Å². The predicted molar refractivity (Wildman–Crippen MR) is 110 cm³/mol. The van der Waals surface area contributed by atoms with Crippen molar-refractivity contribution in [1.82, 2.24) is 15.3 Å². The van der Waals surface area contributed by atoms with Crippen LogP contribution in [0.1, 0.15) is 38.8 Å². The Morgan fingerprint density at radius 3 is 2.52 bits per heavy atom. The highest BCUT2D eigenvalue weighted by atomic mass is 16.5. The topological polar surface area (TPSA) is 100 Å². The zero-order valence-electron chi connectivity index (χ0n) is 17.4. The van der Waals surface area contributed by atoms with Crippen LogP contribution in [0.4, 0.5) is 0 Å². The van der Waals surface area contributed by atoms with E-state index >= 15 is 0 Å². The Hall–Kier alpha value is -3.94. The van der Waals surface area contributed by atoms with Gasteiger partial charge in [-0.15, -0.1) is 0 Å². The van der Waals surface area contributed by atoms with Gasteiger partial charge < -0.3 is 18.5 Å². The van der Waals surface area contributed by atoms with E-state index in [0.717, 1.165) is 22.4 Å². The van der Waals surface area contributed by atoms with Crippen molar-refractivity contribution < 1.29 is 23.3 Å². The van der Waals surface area contributed by atoms with E-state index in [9.17, 15) is 4.79 Å². The lowest BCUT2D eigenvalue weighted by Crippen LogP contribution is -2.06. The van der Waals surface area contributed by atoms with Crippen LogP contribution in [-0.4, -0.2) is 21.3 Å². The number of hydrogen-bond acceptors (Lipinski definition) is 8. The third kappa shape index (κ3) is 4.80. The van der Waals surface area contributed by atoms with Crippen LogP contribution in [0.15, 0.2) is 57.6 Å². The van der Waals surface area contributed by atoms with Crippen LogP contribution in [-0.2, 0) is 18.0 Å². The first-order chi connectivity index (χ1) is 15.0. The lowest BCUT2D eigenvalue weighted by atomic mass is 10.1. The smallest absolute Gasteiger partial charge is 0.338 e. The van der Waals surface area contributed by atoms with Gasteiger partial charge in [0.25, 0.3) is 5.89 Å². The van der Waals surface area contributed by atoms with Gasteiger partial charge in [0.2, 0.25) is 5.82 Å². The number of aryl methyl sites for hydroxylation is 3. The fraction of sp³-hybridized carbons (Fsp3) is 0.217. The Morgan fingerprint density at radius 2 is 1.77 bits per heavy atom. The Labute approximate surface area is 178 Å². The van der Waals surface area contributed by atoms with Crippen molar-refractivity contribution in [2.75, 3.05) is 0 Å². The van der Waals surface area contributed by atoms with Gasteiger partial charge in [-0.2, -0.15) is 4.98 Å². The maximum atomic E-state index is 12.4. The van der Waals surface area contributed by atoms with Crippen molar-refractivity contribution >= 4 is 5.97 Å². The molecule has 4 rings (SSSR count). The summed E-state index contributed by atoms with van der Waals surface area (Å²) >= 11 is 0. The van der Waals surface area contributed by atoms with Gasteiger partial charge in [0.1, 0.15) is 18.1 Å². The third-order valence-corrected chi connectivity index (χ3v) is 4.73. The number of carbonyl (C=O) groups is 1. The van der Waals surface area contributed by atoms with Gasteiger partial charge in [0.05, 0.1) is 16.8 Å². The Bertz CT molecular complexity index is 1170. The Balaban J connectivity index is 1.36. The van der Waals surface area contributed by atoms with Gasteiger partial charge >= 0.3 is 5.97 Å². The molecule has 2 aromatic heterocycles. The highest BCUT2D eigenvalue weighted by Gasteiger charge is 2.14. The maximum Gasteiger partial charge on any atom is 0.338 e. The summed E-state index contributed by atoms with van der Waals surface area (Å²) in [5, 5.41) is 7.77. The number of rotatable bonds is 7. The minimum atomic E-state index is -0.510. The summed E-state index contributed by atoms with van der Waals surface area (Å²) in [5.74, 6) is 1.40. The molecule has 0 saturated carbocycles. The van der Waals surface area contributed by atoms with Crippen LogP contribution in [0.5, 0.6) is 5.75 Å². The van der Waals surface area contributed by atoms with Crippen molar-refractivity contribution in [3.8, 4) is 17.2 Å².